The van der Waals surface area contributed by atoms with E-state index in [1.165, 1.54) is 0 Å². The number of hydrogen-bond acceptors (Lipinski definition) is 3. The molecule has 1 unspecified atom stereocenters. The Morgan fingerprint density at radius 3 is 2.85 bits per heavy atom. The Hall–Kier alpha value is -1.81. The fourth-order valence-corrected chi connectivity index (χ4v) is 2.56. The molecule has 1 aliphatic rings. The van der Waals surface area contributed by atoms with Crippen LogP contribution in [0.2, 0.25) is 0 Å². The van der Waals surface area contributed by atoms with E-state index in [4.69, 9.17) is 10.8 Å². The van der Waals surface area contributed by atoms with E-state index in [9.17, 15) is 4.79 Å². The maximum atomic E-state index is 12.1. The minimum absolute atomic E-state index is 0.0458. The van der Waals surface area contributed by atoms with Crippen molar-refractivity contribution in [2.75, 3.05) is 25.4 Å². The van der Waals surface area contributed by atoms with Gasteiger partial charge in [0.2, 0.25) is 5.91 Å². The van der Waals surface area contributed by atoms with Crippen LogP contribution in [0.3, 0.4) is 0 Å². The van der Waals surface area contributed by atoms with Gasteiger partial charge in [-0.2, -0.15) is 0 Å². The Bertz CT molecular complexity index is 466. The molecule has 0 radical (unpaired) electrons. The molecule has 0 saturated carbocycles. The number of likely N-dealkylation sites (tertiary alicyclic amines) is 1. The van der Waals surface area contributed by atoms with E-state index in [2.05, 4.69) is 0 Å². The number of benzene rings is 1. The molecule has 1 heterocycles. The zero-order valence-electron chi connectivity index (χ0n) is 11.7. The molecule has 108 valence electrons. The average Bonchev–Trinajstić information content (AvgIpc) is 2.47. The lowest BCUT2D eigenvalue weighted by Gasteiger charge is -2.31. The largest absolute Gasteiger partial charge is 0.399 e. The summed E-state index contributed by atoms with van der Waals surface area (Å²) in [6.07, 6.45) is 6.34. The number of amides is 1. The lowest BCUT2D eigenvalue weighted by atomic mass is 9.95. The molecule has 4 heteroatoms. The van der Waals surface area contributed by atoms with E-state index in [1.807, 2.05) is 35.2 Å². The summed E-state index contributed by atoms with van der Waals surface area (Å²) in [5.41, 5.74) is 7.31. The molecular formula is C16H22N2O2. The number of carbonyl (C=O) groups is 1. The van der Waals surface area contributed by atoms with Crippen molar-refractivity contribution in [1.82, 2.24) is 4.90 Å². The van der Waals surface area contributed by atoms with Crippen LogP contribution in [0, 0.1) is 5.92 Å². The number of aliphatic hydroxyl groups excluding tert-OH is 1. The number of piperidine rings is 1. The number of rotatable bonds is 4. The molecule has 1 aromatic rings. The molecule has 1 saturated heterocycles. The topological polar surface area (TPSA) is 66.6 Å². The van der Waals surface area contributed by atoms with Crippen LogP contribution < -0.4 is 5.73 Å². The Kier molecular flexibility index (Phi) is 5.18. The van der Waals surface area contributed by atoms with E-state index in [0.717, 1.165) is 43.6 Å². The predicted molar refractivity (Wildman–Crippen MR) is 80.9 cm³/mol. The zero-order chi connectivity index (χ0) is 14.4. The van der Waals surface area contributed by atoms with E-state index < -0.39 is 0 Å². The molecule has 0 aromatic heterocycles. The third-order valence-electron chi connectivity index (χ3n) is 3.72. The van der Waals surface area contributed by atoms with Crippen LogP contribution in [-0.4, -0.2) is 35.6 Å². The van der Waals surface area contributed by atoms with Gasteiger partial charge in [0.15, 0.2) is 0 Å². The molecule has 1 aromatic carbocycles. The first-order chi connectivity index (χ1) is 9.69. The van der Waals surface area contributed by atoms with Gasteiger partial charge in [-0.05, 0) is 49.0 Å². The quantitative estimate of drug-likeness (QED) is 0.651. The monoisotopic (exact) mass is 274 g/mol. The molecule has 4 nitrogen and oxygen atoms in total. The van der Waals surface area contributed by atoms with Gasteiger partial charge in [0.05, 0.1) is 0 Å². The third kappa shape index (κ3) is 4.10. The zero-order valence-corrected chi connectivity index (χ0v) is 11.7. The molecule has 1 amide bonds. The summed E-state index contributed by atoms with van der Waals surface area (Å²) in [5.74, 6) is 0.479. The number of aliphatic hydroxyl groups is 1. The van der Waals surface area contributed by atoms with Crippen LogP contribution in [0.4, 0.5) is 5.69 Å². The Balaban J connectivity index is 1.92. The second-order valence-corrected chi connectivity index (χ2v) is 5.30. The molecule has 0 bridgehead atoms. The molecule has 1 aliphatic heterocycles. The Morgan fingerprint density at radius 1 is 1.40 bits per heavy atom. The van der Waals surface area contributed by atoms with Gasteiger partial charge in [-0.25, -0.2) is 0 Å². The molecule has 20 heavy (non-hydrogen) atoms. The normalized spacial score (nSPS) is 19.4. The highest BCUT2D eigenvalue weighted by atomic mass is 16.3. The molecule has 1 fully saturated rings. The Morgan fingerprint density at radius 2 is 2.15 bits per heavy atom. The van der Waals surface area contributed by atoms with Crippen LogP contribution in [0.5, 0.6) is 0 Å². The van der Waals surface area contributed by atoms with Gasteiger partial charge in [-0.3, -0.25) is 4.79 Å². The van der Waals surface area contributed by atoms with Crippen molar-refractivity contribution in [1.29, 1.82) is 0 Å². The number of nitrogen functional groups attached to an aromatic ring is 1. The second kappa shape index (κ2) is 7.10. The minimum Gasteiger partial charge on any atom is -0.399 e. The summed E-state index contributed by atoms with van der Waals surface area (Å²) in [4.78, 5) is 14.0. The summed E-state index contributed by atoms with van der Waals surface area (Å²) in [7, 11) is 0. The van der Waals surface area contributed by atoms with Gasteiger partial charge in [-0.1, -0.05) is 12.1 Å². The smallest absolute Gasteiger partial charge is 0.246 e. The van der Waals surface area contributed by atoms with Crippen molar-refractivity contribution in [3.63, 3.8) is 0 Å². The molecule has 0 spiro atoms. The Labute approximate surface area is 119 Å². The lowest BCUT2D eigenvalue weighted by Crippen LogP contribution is -2.39. The fourth-order valence-electron chi connectivity index (χ4n) is 2.56. The van der Waals surface area contributed by atoms with E-state index in [0.29, 0.717) is 5.92 Å². The highest BCUT2D eigenvalue weighted by Gasteiger charge is 2.21. The molecule has 2 rings (SSSR count). The summed E-state index contributed by atoms with van der Waals surface area (Å²) >= 11 is 0. The SMILES string of the molecule is Nc1ccc(/C=C/C(=O)N2CCCC(CCO)C2)cc1. The van der Waals surface area contributed by atoms with Crippen molar-refractivity contribution < 1.29 is 9.90 Å². The van der Waals surface area contributed by atoms with Gasteiger partial charge >= 0.3 is 0 Å². The minimum atomic E-state index is 0.0458. The van der Waals surface area contributed by atoms with Crippen LogP contribution in [0.1, 0.15) is 24.8 Å². The third-order valence-corrected chi connectivity index (χ3v) is 3.72. The second-order valence-electron chi connectivity index (χ2n) is 5.30. The van der Waals surface area contributed by atoms with E-state index in [-0.39, 0.29) is 12.5 Å². The van der Waals surface area contributed by atoms with Gasteiger partial charge in [-0.15, -0.1) is 0 Å². The highest BCUT2D eigenvalue weighted by molar-refractivity contribution is 5.91. The molecule has 3 N–H and O–H groups in total. The number of nitrogens with two attached hydrogens (primary N) is 1. The van der Waals surface area contributed by atoms with Crippen molar-refractivity contribution in [2.24, 2.45) is 5.92 Å². The maximum absolute atomic E-state index is 12.1. The number of nitrogens with zero attached hydrogens (tertiary/aromatic N) is 1. The first-order valence-corrected chi connectivity index (χ1v) is 7.12. The van der Waals surface area contributed by atoms with Gasteiger partial charge in [0, 0.05) is 31.5 Å². The number of anilines is 1. The summed E-state index contributed by atoms with van der Waals surface area (Å²) < 4.78 is 0. The summed E-state index contributed by atoms with van der Waals surface area (Å²) in [6, 6.07) is 7.43. The van der Waals surface area contributed by atoms with Crippen molar-refractivity contribution in [3.05, 3.63) is 35.9 Å². The predicted octanol–water partition coefficient (Wildman–Crippen LogP) is 1.90. The number of hydrogen-bond donors (Lipinski definition) is 2. The van der Waals surface area contributed by atoms with Crippen LogP contribution in [0.25, 0.3) is 6.08 Å². The van der Waals surface area contributed by atoms with Crippen LogP contribution >= 0.6 is 0 Å². The lowest BCUT2D eigenvalue weighted by molar-refractivity contribution is -0.127. The summed E-state index contributed by atoms with van der Waals surface area (Å²) in [6.45, 7) is 1.77. The molecule has 1 atom stereocenters. The maximum Gasteiger partial charge on any atom is 0.246 e. The number of carbonyl (C=O) groups excluding carboxylic acids is 1. The van der Waals surface area contributed by atoms with Crippen LogP contribution in [-0.2, 0) is 4.79 Å². The first kappa shape index (κ1) is 14.6. The van der Waals surface area contributed by atoms with Crippen molar-refractivity contribution >= 4 is 17.7 Å². The summed E-state index contributed by atoms with van der Waals surface area (Å²) in [5, 5.41) is 8.99. The fraction of sp³-hybridized carbons (Fsp3) is 0.438. The van der Waals surface area contributed by atoms with Crippen molar-refractivity contribution in [3.8, 4) is 0 Å². The average molecular weight is 274 g/mol. The van der Waals surface area contributed by atoms with Crippen LogP contribution in [0.15, 0.2) is 30.3 Å². The first-order valence-electron chi connectivity index (χ1n) is 7.12. The molecule has 0 aliphatic carbocycles. The van der Waals surface area contributed by atoms with Gasteiger partial charge < -0.3 is 15.7 Å². The van der Waals surface area contributed by atoms with Gasteiger partial charge in [0.1, 0.15) is 0 Å². The molecular weight excluding hydrogens is 252 g/mol. The van der Waals surface area contributed by atoms with E-state index in [1.54, 1.807) is 6.08 Å². The van der Waals surface area contributed by atoms with Crippen molar-refractivity contribution in [2.45, 2.75) is 19.3 Å². The van der Waals surface area contributed by atoms with Gasteiger partial charge in [0.25, 0.3) is 0 Å². The standard InChI is InChI=1S/C16H22N2O2/c17-15-6-3-13(4-7-15)5-8-16(20)18-10-1-2-14(12-18)9-11-19/h3-8,14,19H,1-2,9-12,17H2/b8-5+. The van der Waals surface area contributed by atoms with E-state index >= 15 is 0 Å². The highest BCUT2D eigenvalue weighted by Crippen LogP contribution is 2.19.